The molecule has 0 aromatic carbocycles. The second-order valence-corrected chi connectivity index (χ2v) is 5.74. The quantitative estimate of drug-likeness (QED) is 0.882. The molecular weight excluding hydrogens is 264 g/mol. The maximum atomic E-state index is 11.5. The molecule has 2 heterocycles. The summed E-state index contributed by atoms with van der Waals surface area (Å²) in [6.07, 6.45) is 3.62. The number of piperidine rings is 1. The standard InChI is InChI=1S/C13H21ClN4O/c1-9(2)15-7-10-3-5-18(6-4-10)12-11(14)13(19)17-8-16-12/h8-10,15H,3-7H2,1-2H3,(H,16,17,19). The van der Waals surface area contributed by atoms with Gasteiger partial charge in [-0.15, -0.1) is 0 Å². The summed E-state index contributed by atoms with van der Waals surface area (Å²) >= 11 is 6.01. The average molecular weight is 285 g/mol. The van der Waals surface area contributed by atoms with Gasteiger partial charge in [-0.2, -0.15) is 0 Å². The van der Waals surface area contributed by atoms with Crippen LogP contribution in [-0.4, -0.2) is 35.6 Å². The molecule has 1 aliphatic heterocycles. The highest BCUT2D eigenvalue weighted by atomic mass is 35.5. The molecule has 5 nitrogen and oxygen atoms in total. The smallest absolute Gasteiger partial charge is 0.271 e. The third-order valence-corrected chi connectivity index (χ3v) is 3.85. The zero-order valence-corrected chi connectivity index (χ0v) is 12.2. The maximum Gasteiger partial charge on any atom is 0.271 e. The van der Waals surface area contributed by atoms with Crippen LogP contribution in [0.1, 0.15) is 26.7 Å². The van der Waals surface area contributed by atoms with E-state index in [2.05, 4.69) is 34.0 Å². The van der Waals surface area contributed by atoms with Crippen LogP contribution in [0.5, 0.6) is 0 Å². The summed E-state index contributed by atoms with van der Waals surface area (Å²) in [5.74, 6) is 1.31. The molecule has 1 aromatic heterocycles. The van der Waals surface area contributed by atoms with Gasteiger partial charge in [0.2, 0.25) is 0 Å². The molecule has 0 unspecified atom stereocenters. The summed E-state index contributed by atoms with van der Waals surface area (Å²) in [6.45, 7) is 7.19. The van der Waals surface area contributed by atoms with E-state index in [1.807, 2.05) is 0 Å². The minimum atomic E-state index is -0.268. The monoisotopic (exact) mass is 284 g/mol. The number of rotatable bonds is 4. The fraction of sp³-hybridized carbons (Fsp3) is 0.692. The highest BCUT2D eigenvalue weighted by molar-refractivity contribution is 6.32. The first-order chi connectivity index (χ1) is 9.08. The minimum absolute atomic E-state index is 0.196. The Bertz CT molecular complexity index is 466. The molecule has 1 saturated heterocycles. The zero-order valence-electron chi connectivity index (χ0n) is 11.4. The van der Waals surface area contributed by atoms with Gasteiger partial charge in [0.05, 0.1) is 6.33 Å². The number of hydrogen-bond donors (Lipinski definition) is 2. The molecule has 0 amide bonds. The van der Waals surface area contributed by atoms with Crippen LogP contribution in [0.25, 0.3) is 0 Å². The Morgan fingerprint density at radius 2 is 2.21 bits per heavy atom. The number of aromatic amines is 1. The Balaban J connectivity index is 1.93. The maximum absolute atomic E-state index is 11.5. The number of nitrogens with zero attached hydrogens (tertiary/aromatic N) is 2. The van der Waals surface area contributed by atoms with Crippen molar-refractivity contribution in [3.8, 4) is 0 Å². The van der Waals surface area contributed by atoms with Crippen LogP contribution >= 0.6 is 11.6 Å². The fourth-order valence-electron chi connectivity index (χ4n) is 2.35. The second-order valence-electron chi connectivity index (χ2n) is 5.36. The van der Waals surface area contributed by atoms with Gasteiger partial charge >= 0.3 is 0 Å². The van der Waals surface area contributed by atoms with Crippen molar-refractivity contribution in [3.63, 3.8) is 0 Å². The van der Waals surface area contributed by atoms with Crippen LogP contribution in [-0.2, 0) is 0 Å². The van der Waals surface area contributed by atoms with Gasteiger partial charge in [0.1, 0.15) is 5.02 Å². The molecule has 0 atom stereocenters. The third kappa shape index (κ3) is 3.70. The lowest BCUT2D eigenvalue weighted by Crippen LogP contribution is -2.39. The Morgan fingerprint density at radius 1 is 1.53 bits per heavy atom. The van der Waals surface area contributed by atoms with Gasteiger partial charge in [-0.05, 0) is 25.3 Å². The molecule has 19 heavy (non-hydrogen) atoms. The first kappa shape index (κ1) is 14.3. The molecule has 0 radical (unpaired) electrons. The van der Waals surface area contributed by atoms with Crippen molar-refractivity contribution in [2.45, 2.75) is 32.7 Å². The Labute approximate surface area is 118 Å². The zero-order chi connectivity index (χ0) is 13.8. The van der Waals surface area contributed by atoms with E-state index in [0.29, 0.717) is 17.8 Å². The number of hydrogen-bond acceptors (Lipinski definition) is 4. The topological polar surface area (TPSA) is 61.0 Å². The van der Waals surface area contributed by atoms with E-state index in [1.54, 1.807) is 0 Å². The third-order valence-electron chi connectivity index (χ3n) is 3.51. The van der Waals surface area contributed by atoms with Crippen molar-refractivity contribution < 1.29 is 0 Å². The Morgan fingerprint density at radius 3 is 2.84 bits per heavy atom. The summed E-state index contributed by atoms with van der Waals surface area (Å²) in [6, 6.07) is 0.529. The van der Waals surface area contributed by atoms with Crippen molar-refractivity contribution >= 4 is 17.4 Å². The molecule has 1 aromatic rings. The lowest BCUT2D eigenvalue weighted by Gasteiger charge is -2.33. The summed E-state index contributed by atoms with van der Waals surface area (Å²) in [7, 11) is 0. The van der Waals surface area contributed by atoms with E-state index in [0.717, 1.165) is 32.5 Å². The Kier molecular flexibility index (Phi) is 4.82. The molecule has 0 saturated carbocycles. The lowest BCUT2D eigenvalue weighted by atomic mass is 9.96. The molecule has 106 valence electrons. The van der Waals surface area contributed by atoms with Gasteiger partial charge in [0, 0.05) is 19.1 Å². The molecule has 0 bridgehead atoms. The van der Waals surface area contributed by atoms with Gasteiger partial charge in [-0.3, -0.25) is 4.79 Å². The first-order valence-corrected chi connectivity index (χ1v) is 7.17. The van der Waals surface area contributed by atoms with Gasteiger partial charge in [-0.1, -0.05) is 25.4 Å². The van der Waals surface area contributed by atoms with Crippen LogP contribution in [0.15, 0.2) is 11.1 Å². The van der Waals surface area contributed by atoms with Crippen molar-refractivity contribution in [3.05, 3.63) is 21.7 Å². The van der Waals surface area contributed by atoms with Crippen molar-refractivity contribution in [1.82, 2.24) is 15.3 Å². The molecular formula is C13H21ClN4O. The van der Waals surface area contributed by atoms with Gasteiger partial charge < -0.3 is 15.2 Å². The number of aromatic nitrogens is 2. The van der Waals surface area contributed by atoms with E-state index in [1.165, 1.54) is 6.33 Å². The predicted molar refractivity (Wildman–Crippen MR) is 77.9 cm³/mol. The number of halogens is 1. The summed E-state index contributed by atoms with van der Waals surface area (Å²) in [5.41, 5.74) is -0.268. The molecule has 0 spiro atoms. The first-order valence-electron chi connectivity index (χ1n) is 6.79. The van der Waals surface area contributed by atoms with Gasteiger partial charge in [-0.25, -0.2) is 4.98 Å². The lowest BCUT2D eigenvalue weighted by molar-refractivity contribution is 0.369. The van der Waals surface area contributed by atoms with Crippen molar-refractivity contribution in [2.24, 2.45) is 5.92 Å². The SMILES string of the molecule is CC(C)NCC1CCN(c2nc[nH]c(=O)c2Cl)CC1. The molecule has 0 aliphatic carbocycles. The fourth-order valence-corrected chi connectivity index (χ4v) is 2.57. The number of anilines is 1. The van der Waals surface area contributed by atoms with E-state index >= 15 is 0 Å². The Hall–Kier alpha value is -1.07. The summed E-state index contributed by atoms with van der Waals surface area (Å²) < 4.78 is 0. The molecule has 1 fully saturated rings. The van der Waals surface area contributed by atoms with E-state index in [-0.39, 0.29) is 10.6 Å². The predicted octanol–water partition coefficient (Wildman–Crippen LogP) is 1.64. The van der Waals surface area contributed by atoms with Gasteiger partial charge in [0.25, 0.3) is 5.56 Å². The van der Waals surface area contributed by atoms with E-state index in [4.69, 9.17) is 11.6 Å². The van der Waals surface area contributed by atoms with Gasteiger partial charge in [0.15, 0.2) is 5.82 Å². The van der Waals surface area contributed by atoms with Crippen LogP contribution < -0.4 is 15.8 Å². The normalized spacial score (nSPS) is 17.2. The van der Waals surface area contributed by atoms with Crippen LogP contribution in [0.4, 0.5) is 5.82 Å². The van der Waals surface area contributed by atoms with Crippen LogP contribution in [0, 0.1) is 5.92 Å². The highest BCUT2D eigenvalue weighted by Gasteiger charge is 2.22. The molecule has 2 rings (SSSR count). The molecule has 1 aliphatic rings. The average Bonchev–Trinajstić information content (AvgIpc) is 2.40. The second kappa shape index (κ2) is 6.39. The van der Waals surface area contributed by atoms with Crippen molar-refractivity contribution in [1.29, 1.82) is 0 Å². The number of nitrogens with one attached hydrogen (secondary N) is 2. The summed E-state index contributed by atoms with van der Waals surface area (Å²) in [4.78, 5) is 20.2. The van der Waals surface area contributed by atoms with E-state index in [9.17, 15) is 4.79 Å². The van der Waals surface area contributed by atoms with Crippen molar-refractivity contribution in [2.75, 3.05) is 24.5 Å². The number of H-pyrrole nitrogens is 1. The van der Waals surface area contributed by atoms with E-state index < -0.39 is 0 Å². The minimum Gasteiger partial charge on any atom is -0.355 e. The van der Waals surface area contributed by atoms with Crippen LogP contribution in [0.2, 0.25) is 5.02 Å². The molecule has 2 N–H and O–H groups in total. The highest BCUT2D eigenvalue weighted by Crippen LogP contribution is 2.24. The van der Waals surface area contributed by atoms with Crippen LogP contribution in [0.3, 0.4) is 0 Å². The largest absolute Gasteiger partial charge is 0.355 e. The summed E-state index contributed by atoms with van der Waals surface area (Å²) in [5, 5.41) is 3.67. The molecule has 6 heteroatoms.